The zero-order valence-electron chi connectivity index (χ0n) is 10.8. The molecule has 3 nitrogen and oxygen atoms in total. The Bertz CT molecular complexity index is 536. The van der Waals surface area contributed by atoms with Crippen LogP contribution >= 0.6 is 15.9 Å². The predicted octanol–water partition coefficient (Wildman–Crippen LogP) is 4.08. The van der Waals surface area contributed by atoms with Crippen LogP contribution in [0.25, 0.3) is 11.3 Å². The lowest BCUT2D eigenvalue weighted by atomic mass is 10.1. The molecule has 4 heteroatoms. The molecule has 1 aromatic heterocycles. The molecule has 0 saturated heterocycles. The number of rotatable bonds is 4. The van der Waals surface area contributed by atoms with E-state index in [2.05, 4.69) is 40.1 Å². The first-order valence-corrected chi connectivity index (χ1v) is 6.87. The molecule has 0 saturated carbocycles. The van der Waals surface area contributed by atoms with Gasteiger partial charge in [0.25, 0.3) is 0 Å². The van der Waals surface area contributed by atoms with Gasteiger partial charge in [-0.25, -0.2) is 4.98 Å². The lowest BCUT2D eigenvalue weighted by Crippen LogP contribution is -2.17. The first-order valence-electron chi connectivity index (χ1n) is 6.08. The zero-order valence-corrected chi connectivity index (χ0v) is 12.4. The summed E-state index contributed by atoms with van der Waals surface area (Å²) in [6.07, 6.45) is 1.79. The highest BCUT2D eigenvalue weighted by atomic mass is 79.9. The van der Waals surface area contributed by atoms with Crippen molar-refractivity contribution in [2.24, 2.45) is 0 Å². The van der Waals surface area contributed by atoms with Crippen molar-refractivity contribution in [1.82, 2.24) is 10.3 Å². The van der Waals surface area contributed by atoms with Gasteiger partial charge in [0.1, 0.15) is 0 Å². The Hall–Kier alpha value is -1.13. The average Bonchev–Trinajstić information content (AvgIpc) is 2.82. The third kappa shape index (κ3) is 2.65. The van der Waals surface area contributed by atoms with Crippen LogP contribution in [-0.2, 0) is 0 Å². The summed E-state index contributed by atoms with van der Waals surface area (Å²) in [6.45, 7) is 7.08. The van der Waals surface area contributed by atoms with E-state index in [1.165, 1.54) is 0 Å². The van der Waals surface area contributed by atoms with Crippen molar-refractivity contribution in [1.29, 1.82) is 0 Å². The van der Waals surface area contributed by atoms with Crippen molar-refractivity contribution in [2.75, 3.05) is 6.54 Å². The van der Waals surface area contributed by atoms with Gasteiger partial charge >= 0.3 is 0 Å². The lowest BCUT2D eigenvalue weighted by molar-refractivity contribution is 0.429. The first kappa shape index (κ1) is 13.3. The van der Waals surface area contributed by atoms with Crippen molar-refractivity contribution in [3.8, 4) is 11.3 Å². The molecular weight excluding hydrogens is 292 g/mol. The van der Waals surface area contributed by atoms with Crippen LogP contribution in [0, 0.1) is 6.92 Å². The third-order valence-corrected chi connectivity index (χ3v) is 3.80. The molecule has 1 unspecified atom stereocenters. The molecule has 0 fully saturated rings. The summed E-state index contributed by atoms with van der Waals surface area (Å²) in [4.78, 5) is 4.34. The fourth-order valence-electron chi connectivity index (χ4n) is 1.88. The maximum Gasteiger partial charge on any atom is 0.211 e. The number of oxazole rings is 1. The van der Waals surface area contributed by atoms with Gasteiger partial charge in [0.05, 0.1) is 12.2 Å². The number of benzene rings is 1. The summed E-state index contributed by atoms with van der Waals surface area (Å²) < 4.78 is 6.91. The molecule has 2 rings (SSSR count). The van der Waals surface area contributed by atoms with Gasteiger partial charge in [-0.3, -0.25) is 0 Å². The van der Waals surface area contributed by atoms with E-state index >= 15 is 0 Å². The number of nitrogens with zero attached hydrogens (tertiary/aromatic N) is 1. The minimum absolute atomic E-state index is 0.135. The lowest BCUT2D eigenvalue weighted by Gasteiger charge is -2.07. The van der Waals surface area contributed by atoms with Crippen LogP contribution < -0.4 is 5.32 Å². The predicted molar refractivity (Wildman–Crippen MR) is 76.5 cm³/mol. The van der Waals surface area contributed by atoms with E-state index in [0.717, 1.165) is 33.8 Å². The second-order valence-electron chi connectivity index (χ2n) is 4.25. The van der Waals surface area contributed by atoms with Gasteiger partial charge < -0.3 is 9.73 Å². The number of nitrogens with one attached hydrogen (secondary N) is 1. The van der Waals surface area contributed by atoms with Crippen LogP contribution in [0.15, 0.2) is 33.3 Å². The molecule has 0 radical (unpaired) electrons. The molecular formula is C14H17BrN2O. The summed E-state index contributed by atoms with van der Waals surface area (Å²) in [6, 6.07) is 6.21. The Morgan fingerprint density at radius 3 is 2.94 bits per heavy atom. The van der Waals surface area contributed by atoms with Crippen molar-refractivity contribution in [2.45, 2.75) is 26.8 Å². The topological polar surface area (TPSA) is 38.1 Å². The van der Waals surface area contributed by atoms with E-state index in [-0.39, 0.29) is 6.04 Å². The molecule has 0 spiro atoms. The SMILES string of the molecule is CCNC(C)c1ncc(-c2cccc(Br)c2C)o1. The highest BCUT2D eigenvalue weighted by Gasteiger charge is 2.14. The highest BCUT2D eigenvalue weighted by Crippen LogP contribution is 2.29. The van der Waals surface area contributed by atoms with Crippen molar-refractivity contribution in [3.63, 3.8) is 0 Å². The second-order valence-corrected chi connectivity index (χ2v) is 5.11. The first-order chi connectivity index (χ1) is 8.63. The number of hydrogen-bond acceptors (Lipinski definition) is 3. The largest absolute Gasteiger partial charge is 0.439 e. The van der Waals surface area contributed by atoms with E-state index in [0.29, 0.717) is 0 Å². The fraction of sp³-hybridized carbons (Fsp3) is 0.357. The van der Waals surface area contributed by atoms with Gasteiger partial charge in [0.2, 0.25) is 5.89 Å². The van der Waals surface area contributed by atoms with Crippen LogP contribution in [0.4, 0.5) is 0 Å². The van der Waals surface area contributed by atoms with E-state index in [1.54, 1.807) is 6.20 Å². The van der Waals surface area contributed by atoms with E-state index in [1.807, 2.05) is 25.1 Å². The summed E-state index contributed by atoms with van der Waals surface area (Å²) in [5.41, 5.74) is 2.24. The third-order valence-electron chi connectivity index (χ3n) is 2.94. The maximum atomic E-state index is 5.83. The number of hydrogen-bond donors (Lipinski definition) is 1. The Labute approximate surface area is 116 Å². The summed E-state index contributed by atoms with van der Waals surface area (Å²) in [5.74, 6) is 1.54. The maximum absolute atomic E-state index is 5.83. The monoisotopic (exact) mass is 308 g/mol. The van der Waals surface area contributed by atoms with Gasteiger partial charge in [-0.15, -0.1) is 0 Å². The summed E-state index contributed by atoms with van der Waals surface area (Å²) >= 11 is 3.53. The quantitative estimate of drug-likeness (QED) is 0.924. The molecule has 1 atom stereocenters. The van der Waals surface area contributed by atoms with Gasteiger partial charge in [0, 0.05) is 10.0 Å². The van der Waals surface area contributed by atoms with Crippen LogP contribution in [0.2, 0.25) is 0 Å². The zero-order chi connectivity index (χ0) is 13.1. The second kappa shape index (κ2) is 5.67. The molecule has 2 aromatic rings. The van der Waals surface area contributed by atoms with Crippen molar-refractivity contribution < 1.29 is 4.42 Å². The molecule has 1 heterocycles. The molecule has 0 aliphatic heterocycles. The molecule has 1 N–H and O–H groups in total. The van der Waals surface area contributed by atoms with Gasteiger partial charge in [0.15, 0.2) is 5.76 Å². The standard InChI is InChI=1S/C14H17BrN2O/c1-4-16-10(3)14-17-8-13(18-14)11-6-5-7-12(15)9(11)2/h5-8,10,16H,4H2,1-3H3. The average molecular weight is 309 g/mol. The fourth-order valence-corrected chi connectivity index (χ4v) is 2.25. The summed E-state index contributed by atoms with van der Waals surface area (Å²) in [5, 5.41) is 3.29. The van der Waals surface area contributed by atoms with Crippen LogP contribution in [0.3, 0.4) is 0 Å². The normalized spacial score (nSPS) is 12.7. The Morgan fingerprint density at radius 1 is 1.44 bits per heavy atom. The summed E-state index contributed by atoms with van der Waals surface area (Å²) in [7, 11) is 0. The van der Waals surface area contributed by atoms with E-state index in [4.69, 9.17) is 4.42 Å². The Balaban J connectivity index is 2.32. The molecule has 18 heavy (non-hydrogen) atoms. The molecule has 0 bridgehead atoms. The minimum atomic E-state index is 0.135. The van der Waals surface area contributed by atoms with Gasteiger partial charge in [-0.1, -0.05) is 35.0 Å². The number of aromatic nitrogens is 1. The van der Waals surface area contributed by atoms with E-state index < -0.39 is 0 Å². The Kier molecular flexibility index (Phi) is 4.19. The minimum Gasteiger partial charge on any atom is -0.439 e. The van der Waals surface area contributed by atoms with Gasteiger partial charge in [-0.2, -0.15) is 0 Å². The van der Waals surface area contributed by atoms with E-state index in [9.17, 15) is 0 Å². The van der Waals surface area contributed by atoms with Crippen LogP contribution in [0.5, 0.6) is 0 Å². The number of halogens is 1. The van der Waals surface area contributed by atoms with Crippen LogP contribution in [0.1, 0.15) is 31.3 Å². The van der Waals surface area contributed by atoms with Crippen molar-refractivity contribution in [3.05, 3.63) is 40.3 Å². The molecule has 1 aromatic carbocycles. The Morgan fingerprint density at radius 2 is 2.22 bits per heavy atom. The molecule has 0 amide bonds. The smallest absolute Gasteiger partial charge is 0.211 e. The molecule has 0 aliphatic carbocycles. The highest BCUT2D eigenvalue weighted by molar-refractivity contribution is 9.10. The van der Waals surface area contributed by atoms with Crippen molar-refractivity contribution >= 4 is 15.9 Å². The van der Waals surface area contributed by atoms with Crippen LogP contribution in [-0.4, -0.2) is 11.5 Å². The molecule has 96 valence electrons. The molecule has 0 aliphatic rings. The van der Waals surface area contributed by atoms with Gasteiger partial charge in [-0.05, 0) is 32.0 Å².